The normalized spacial score (nSPS) is 11.9. The Kier molecular flexibility index (Phi) is 5.59. The van der Waals surface area contributed by atoms with Gasteiger partial charge in [-0.25, -0.2) is 0 Å². The van der Waals surface area contributed by atoms with E-state index in [1.807, 2.05) is 43.3 Å². The number of anilines is 1. The predicted octanol–water partition coefficient (Wildman–Crippen LogP) is 4.26. The Hall–Kier alpha value is -2.29. The van der Waals surface area contributed by atoms with Gasteiger partial charge in [0.1, 0.15) is 5.75 Å². The highest BCUT2D eigenvalue weighted by atomic mass is 16.5. The summed E-state index contributed by atoms with van der Waals surface area (Å²) in [6, 6.07) is 15.0. The van der Waals surface area contributed by atoms with Gasteiger partial charge in [0, 0.05) is 5.56 Å². The maximum absolute atomic E-state index is 12.7. The standard InChI is InChI=1S/C19H23NO2/c1-3-7-18(22-17-9-6-5-8-16(17)20)19(21)15-12-10-14(4-2)11-13-15/h5-6,8-13,18H,3-4,7,20H2,1-2H3. The lowest BCUT2D eigenvalue weighted by molar-refractivity contribution is 0.0779. The fourth-order valence-corrected chi connectivity index (χ4v) is 2.34. The van der Waals surface area contributed by atoms with Gasteiger partial charge in [0.25, 0.3) is 0 Å². The van der Waals surface area contributed by atoms with E-state index in [2.05, 4.69) is 6.92 Å². The van der Waals surface area contributed by atoms with Gasteiger partial charge in [-0.3, -0.25) is 4.79 Å². The lowest BCUT2D eigenvalue weighted by Crippen LogP contribution is -2.27. The molecule has 0 spiro atoms. The summed E-state index contributed by atoms with van der Waals surface area (Å²) in [5, 5.41) is 0. The highest BCUT2D eigenvalue weighted by Crippen LogP contribution is 2.24. The molecule has 1 unspecified atom stereocenters. The zero-order valence-corrected chi connectivity index (χ0v) is 13.2. The molecule has 0 amide bonds. The molecule has 0 fully saturated rings. The minimum atomic E-state index is -0.498. The molecule has 1 atom stereocenters. The second-order valence-corrected chi connectivity index (χ2v) is 5.35. The van der Waals surface area contributed by atoms with Crippen LogP contribution in [0.4, 0.5) is 5.69 Å². The Morgan fingerprint density at radius 3 is 2.36 bits per heavy atom. The van der Waals surface area contributed by atoms with Gasteiger partial charge in [-0.2, -0.15) is 0 Å². The lowest BCUT2D eigenvalue weighted by atomic mass is 10.0. The highest BCUT2D eigenvalue weighted by molar-refractivity contribution is 5.99. The first-order valence-corrected chi connectivity index (χ1v) is 7.80. The Morgan fingerprint density at radius 1 is 1.09 bits per heavy atom. The summed E-state index contributed by atoms with van der Waals surface area (Å²) in [5.74, 6) is 0.576. The van der Waals surface area contributed by atoms with Crippen LogP contribution in [0.3, 0.4) is 0 Å². The van der Waals surface area contributed by atoms with E-state index in [1.54, 1.807) is 12.1 Å². The Morgan fingerprint density at radius 2 is 1.77 bits per heavy atom. The minimum absolute atomic E-state index is 0.00718. The van der Waals surface area contributed by atoms with Crippen molar-refractivity contribution in [1.29, 1.82) is 0 Å². The van der Waals surface area contributed by atoms with Crippen LogP contribution in [0, 0.1) is 0 Å². The van der Waals surface area contributed by atoms with Gasteiger partial charge in [0.2, 0.25) is 5.78 Å². The van der Waals surface area contributed by atoms with Gasteiger partial charge in [-0.05, 0) is 30.5 Å². The van der Waals surface area contributed by atoms with Crippen LogP contribution < -0.4 is 10.5 Å². The number of nitrogen functional groups attached to an aromatic ring is 1. The van der Waals surface area contributed by atoms with E-state index in [0.29, 0.717) is 23.4 Å². The average molecular weight is 297 g/mol. The summed E-state index contributed by atoms with van der Waals surface area (Å²) in [4.78, 5) is 12.7. The molecule has 22 heavy (non-hydrogen) atoms. The smallest absolute Gasteiger partial charge is 0.203 e. The van der Waals surface area contributed by atoms with Crippen LogP contribution in [-0.2, 0) is 6.42 Å². The molecule has 2 N–H and O–H groups in total. The van der Waals surface area contributed by atoms with Crippen LogP contribution in [0.1, 0.15) is 42.6 Å². The van der Waals surface area contributed by atoms with E-state index in [-0.39, 0.29) is 5.78 Å². The fraction of sp³-hybridized carbons (Fsp3) is 0.316. The maximum Gasteiger partial charge on any atom is 0.203 e. The summed E-state index contributed by atoms with van der Waals surface area (Å²) >= 11 is 0. The molecular weight excluding hydrogens is 274 g/mol. The molecule has 2 rings (SSSR count). The molecule has 0 bridgehead atoms. The number of hydrogen-bond donors (Lipinski definition) is 1. The Balaban J connectivity index is 2.19. The van der Waals surface area contributed by atoms with Gasteiger partial charge < -0.3 is 10.5 Å². The lowest BCUT2D eigenvalue weighted by Gasteiger charge is -2.19. The van der Waals surface area contributed by atoms with E-state index in [1.165, 1.54) is 5.56 Å². The number of para-hydroxylation sites is 2. The molecule has 0 aliphatic heterocycles. The molecule has 2 aromatic rings. The number of carbonyl (C=O) groups is 1. The number of ketones is 1. The van der Waals surface area contributed by atoms with Crippen molar-refractivity contribution in [2.75, 3.05) is 5.73 Å². The first-order chi connectivity index (χ1) is 10.7. The number of ether oxygens (including phenoxy) is 1. The van der Waals surface area contributed by atoms with Gasteiger partial charge in [-0.1, -0.05) is 56.7 Å². The molecule has 0 saturated heterocycles. The number of rotatable bonds is 7. The largest absolute Gasteiger partial charge is 0.480 e. The van der Waals surface area contributed by atoms with Crippen LogP contribution in [-0.4, -0.2) is 11.9 Å². The third kappa shape index (κ3) is 3.88. The number of benzene rings is 2. The molecule has 116 valence electrons. The van der Waals surface area contributed by atoms with Gasteiger partial charge in [-0.15, -0.1) is 0 Å². The Bertz CT molecular complexity index is 620. The highest BCUT2D eigenvalue weighted by Gasteiger charge is 2.21. The molecule has 0 aromatic heterocycles. The Labute approximate surface area is 132 Å². The second kappa shape index (κ2) is 7.64. The van der Waals surface area contributed by atoms with E-state index in [9.17, 15) is 4.79 Å². The van der Waals surface area contributed by atoms with Gasteiger partial charge >= 0.3 is 0 Å². The van der Waals surface area contributed by atoms with Crippen molar-refractivity contribution in [3.8, 4) is 5.75 Å². The van der Waals surface area contributed by atoms with Crippen LogP contribution in [0.2, 0.25) is 0 Å². The van der Waals surface area contributed by atoms with Gasteiger partial charge in [0.05, 0.1) is 5.69 Å². The van der Waals surface area contributed by atoms with E-state index in [4.69, 9.17) is 10.5 Å². The van der Waals surface area contributed by atoms with E-state index < -0.39 is 6.10 Å². The summed E-state index contributed by atoms with van der Waals surface area (Å²) in [6.45, 7) is 4.14. The molecule has 0 aliphatic carbocycles. The maximum atomic E-state index is 12.7. The van der Waals surface area contributed by atoms with Gasteiger partial charge in [0.15, 0.2) is 6.10 Å². The SMILES string of the molecule is CCCC(Oc1ccccc1N)C(=O)c1ccc(CC)cc1. The summed E-state index contributed by atoms with van der Waals surface area (Å²) < 4.78 is 5.88. The quantitative estimate of drug-likeness (QED) is 0.613. The third-order valence-electron chi connectivity index (χ3n) is 3.68. The average Bonchev–Trinajstić information content (AvgIpc) is 2.56. The first-order valence-electron chi connectivity index (χ1n) is 7.80. The van der Waals surface area contributed by atoms with Crippen molar-refractivity contribution < 1.29 is 9.53 Å². The molecule has 0 radical (unpaired) electrons. The topological polar surface area (TPSA) is 52.3 Å². The second-order valence-electron chi connectivity index (χ2n) is 5.35. The number of aryl methyl sites for hydroxylation is 1. The molecule has 2 aromatic carbocycles. The summed E-state index contributed by atoms with van der Waals surface area (Å²) in [7, 11) is 0. The van der Waals surface area contributed by atoms with Crippen molar-refractivity contribution in [3.63, 3.8) is 0 Å². The van der Waals surface area contributed by atoms with Crippen molar-refractivity contribution in [3.05, 3.63) is 59.7 Å². The molecule has 3 heteroatoms. The van der Waals surface area contributed by atoms with E-state index >= 15 is 0 Å². The summed E-state index contributed by atoms with van der Waals surface area (Å²) in [6.07, 6.45) is 2.00. The van der Waals surface area contributed by atoms with Crippen molar-refractivity contribution in [1.82, 2.24) is 0 Å². The first kappa shape index (κ1) is 16.1. The molecule has 0 saturated carbocycles. The minimum Gasteiger partial charge on any atom is -0.480 e. The van der Waals surface area contributed by atoms with Crippen molar-refractivity contribution in [2.24, 2.45) is 0 Å². The number of carbonyl (C=O) groups excluding carboxylic acids is 1. The third-order valence-corrected chi connectivity index (χ3v) is 3.68. The van der Waals surface area contributed by atoms with Crippen LogP contribution in [0.25, 0.3) is 0 Å². The molecular formula is C19H23NO2. The molecule has 3 nitrogen and oxygen atoms in total. The van der Waals surface area contributed by atoms with Crippen LogP contribution in [0.15, 0.2) is 48.5 Å². The van der Waals surface area contributed by atoms with Crippen molar-refractivity contribution in [2.45, 2.75) is 39.2 Å². The van der Waals surface area contributed by atoms with E-state index in [0.717, 1.165) is 12.8 Å². The van der Waals surface area contributed by atoms with Crippen LogP contribution in [0.5, 0.6) is 5.75 Å². The molecule has 0 heterocycles. The summed E-state index contributed by atoms with van der Waals surface area (Å²) in [5.41, 5.74) is 8.36. The number of hydrogen-bond acceptors (Lipinski definition) is 3. The zero-order chi connectivity index (χ0) is 15.9. The number of nitrogens with two attached hydrogens (primary N) is 1. The molecule has 0 aliphatic rings. The van der Waals surface area contributed by atoms with Crippen LogP contribution >= 0.6 is 0 Å². The monoisotopic (exact) mass is 297 g/mol. The van der Waals surface area contributed by atoms with Crippen molar-refractivity contribution >= 4 is 11.5 Å². The zero-order valence-electron chi connectivity index (χ0n) is 13.2. The fourth-order valence-electron chi connectivity index (χ4n) is 2.34. The number of Topliss-reactive ketones (excluding diaryl/α,β-unsaturated/α-hetero) is 1. The predicted molar refractivity (Wildman–Crippen MR) is 90.3 cm³/mol.